The fourth-order valence-electron chi connectivity index (χ4n) is 5.52. The van der Waals surface area contributed by atoms with Crippen LogP contribution in [0, 0.1) is 15.9 Å². The van der Waals surface area contributed by atoms with E-state index in [1.807, 2.05) is 6.92 Å². The van der Waals surface area contributed by atoms with Crippen LogP contribution in [0.2, 0.25) is 0 Å². The van der Waals surface area contributed by atoms with Gasteiger partial charge in [0.05, 0.1) is 17.0 Å². The zero-order valence-electron chi connectivity index (χ0n) is 20.2. The lowest BCUT2D eigenvalue weighted by atomic mass is 9.79. The fourth-order valence-corrected chi connectivity index (χ4v) is 6.10. The summed E-state index contributed by atoms with van der Waals surface area (Å²) in [7, 11) is 1.75. The molecule has 37 heavy (non-hydrogen) atoms. The van der Waals surface area contributed by atoms with E-state index in [9.17, 15) is 19.3 Å². The largest absolute Gasteiger partial charge is 0.490 e. The molecule has 3 aromatic rings. The summed E-state index contributed by atoms with van der Waals surface area (Å²) in [6.07, 6.45) is 0. The Kier molecular flexibility index (Phi) is 6.63. The molecule has 1 N–H and O–H groups in total. The minimum Gasteiger partial charge on any atom is -0.490 e. The summed E-state index contributed by atoms with van der Waals surface area (Å²) in [6.45, 7) is 2.66. The number of anilines is 1. The maximum atomic E-state index is 13.4. The number of fused-ring (bicyclic) bond motifs is 2. The Morgan fingerprint density at radius 2 is 1.92 bits per heavy atom. The average molecular weight is 570 g/mol. The van der Waals surface area contributed by atoms with Gasteiger partial charge in [-0.3, -0.25) is 19.8 Å². The minimum atomic E-state index is -1.43. The van der Waals surface area contributed by atoms with Gasteiger partial charge in [-0.05, 0) is 71.4 Å². The van der Waals surface area contributed by atoms with Crippen LogP contribution in [-0.4, -0.2) is 42.0 Å². The monoisotopic (exact) mass is 569 g/mol. The molecule has 8 nitrogen and oxygen atoms in total. The van der Waals surface area contributed by atoms with Crippen molar-refractivity contribution in [3.05, 3.63) is 97.8 Å². The molecule has 10 heteroatoms. The van der Waals surface area contributed by atoms with Crippen molar-refractivity contribution < 1.29 is 23.6 Å². The molecule has 0 radical (unpaired) electrons. The summed E-state index contributed by atoms with van der Waals surface area (Å²) in [5, 5.41) is 15.4. The van der Waals surface area contributed by atoms with E-state index in [2.05, 4.69) is 21.2 Å². The molecular weight excluding hydrogens is 545 g/mol. The number of likely N-dealkylation sites (N-methyl/N-ethyl adjacent to an activating group) is 1. The number of carbonyl (C=O) groups excluding carboxylic acids is 1. The standard InChI is InChI=1S/C27H25BrFN3O5/c1-3-36-23-13-17(12-21(28)24(23)37-15-16-8-10-18(29)11-9-16)19-14-31(2)27(25(19)32(34)35)20-6-4-5-7-22(20)30-26(27)33/h4-13,19,25H,3,14-15H2,1-2H3,(H,30,33)/t19-,25+,27+/m0/s1. The summed E-state index contributed by atoms with van der Waals surface area (Å²) in [6, 6.07) is 15.4. The molecule has 1 amide bonds. The van der Waals surface area contributed by atoms with Crippen molar-refractivity contribution in [3.8, 4) is 11.5 Å². The number of hydrogen-bond acceptors (Lipinski definition) is 6. The number of likely N-dealkylation sites (tertiary alicyclic amines) is 1. The van der Waals surface area contributed by atoms with Gasteiger partial charge in [0.1, 0.15) is 12.4 Å². The van der Waals surface area contributed by atoms with Crippen LogP contribution < -0.4 is 14.8 Å². The van der Waals surface area contributed by atoms with Gasteiger partial charge in [0.15, 0.2) is 17.0 Å². The second kappa shape index (κ2) is 9.75. The molecule has 1 saturated heterocycles. The SMILES string of the molecule is CCOc1cc([C@@H]2CN(C)[C@@]3(C(=O)Nc4ccccc43)[C@@H]2[N+](=O)[O-])cc(Br)c1OCc1ccc(F)cc1. The van der Waals surface area contributed by atoms with Crippen molar-refractivity contribution >= 4 is 27.5 Å². The number of para-hydroxylation sites is 1. The molecule has 1 spiro atoms. The summed E-state index contributed by atoms with van der Waals surface area (Å²) >= 11 is 3.56. The van der Waals surface area contributed by atoms with E-state index < -0.39 is 23.4 Å². The van der Waals surface area contributed by atoms with E-state index in [1.54, 1.807) is 60.5 Å². The zero-order chi connectivity index (χ0) is 26.3. The molecule has 0 bridgehead atoms. The van der Waals surface area contributed by atoms with E-state index in [4.69, 9.17) is 9.47 Å². The maximum absolute atomic E-state index is 13.4. The smallest absolute Gasteiger partial charge is 0.256 e. The Balaban J connectivity index is 1.53. The number of nitrogens with one attached hydrogen (secondary N) is 1. The second-order valence-electron chi connectivity index (χ2n) is 9.16. The van der Waals surface area contributed by atoms with Crippen molar-refractivity contribution in [1.82, 2.24) is 4.90 Å². The first-order valence-electron chi connectivity index (χ1n) is 11.9. The lowest BCUT2D eigenvalue weighted by Crippen LogP contribution is -2.54. The van der Waals surface area contributed by atoms with Crippen LogP contribution in [0.4, 0.5) is 10.1 Å². The Bertz CT molecular complexity index is 1370. The lowest BCUT2D eigenvalue weighted by Gasteiger charge is -2.30. The summed E-state index contributed by atoms with van der Waals surface area (Å²) in [4.78, 5) is 27.4. The Labute approximate surface area is 221 Å². The van der Waals surface area contributed by atoms with Crippen molar-refractivity contribution in [1.29, 1.82) is 0 Å². The molecule has 0 aliphatic carbocycles. The molecule has 5 rings (SSSR count). The van der Waals surface area contributed by atoms with Gasteiger partial charge in [0.25, 0.3) is 11.9 Å². The number of carbonyl (C=O) groups is 1. The third kappa shape index (κ3) is 4.14. The normalized spacial score (nSPS) is 22.6. The second-order valence-corrected chi connectivity index (χ2v) is 10.0. The number of benzene rings is 3. The van der Waals surface area contributed by atoms with Gasteiger partial charge in [-0.25, -0.2) is 4.39 Å². The molecule has 0 saturated carbocycles. The molecule has 0 unspecified atom stereocenters. The van der Waals surface area contributed by atoms with Crippen molar-refractivity contribution in [2.24, 2.45) is 0 Å². The summed E-state index contributed by atoms with van der Waals surface area (Å²) in [5.74, 6) is -0.460. The quantitative estimate of drug-likeness (QED) is 0.314. The molecule has 0 aromatic heterocycles. The van der Waals surface area contributed by atoms with Crippen LogP contribution in [0.15, 0.2) is 65.1 Å². The van der Waals surface area contributed by atoms with E-state index in [-0.39, 0.29) is 17.3 Å². The van der Waals surface area contributed by atoms with Crippen molar-refractivity contribution in [2.45, 2.75) is 31.0 Å². The Morgan fingerprint density at radius 3 is 2.62 bits per heavy atom. The van der Waals surface area contributed by atoms with Gasteiger partial charge in [0, 0.05) is 22.7 Å². The first-order valence-corrected chi connectivity index (χ1v) is 12.7. The first-order chi connectivity index (χ1) is 17.8. The third-order valence-electron chi connectivity index (χ3n) is 7.10. The molecule has 2 heterocycles. The first kappa shape index (κ1) is 25.2. The van der Waals surface area contributed by atoms with Crippen LogP contribution in [0.5, 0.6) is 11.5 Å². The van der Waals surface area contributed by atoms with Crippen LogP contribution in [-0.2, 0) is 16.9 Å². The van der Waals surface area contributed by atoms with Gasteiger partial charge < -0.3 is 14.8 Å². The summed E-state index contributed by atoms with van der Waals surface area (Å²) in [5.41, 5.74) is 1.20. The predicted molar refractivity (Wildman–Crippen MR) is 139 cm³/mol. The van der Waals surface area contributed by atoms with Crippen LogP contribution in [0.3, 0.4) is 0 Å². The highest BCUT2D eigenvalue weighted by Gasteiger charge is 2.68. The Hall–Kier alpha value is -3.50. The lowest BCUT2D eigenvalue weighted by molar-refractivity contribution is -0.534. The van der Waals surface area contributed by atoms with E-state index in [0.717, 1.165) is 5.56 Å². The molecule has 1 fully saturated rings. The predicted octanol–water partition coefficient (Wildman–Crippen LogP) is 5.09. The van der Waals surface area contributed by atoms with Gasteiger partial charge in [-0.1, -0.05) is 30.3 Å². The number of nitro groups is 1. The number of ether oxygens (including phenoxy) is 2. The van der Waals surface area contributed by atoms with E-state index >= 15 is 0 Å². The highest BCUT2D eigenvalue weighted by molar-refractivity contribution is 9.10. The number of nitrogens with zero attached hydrogens (tertiary/aromatic N) is 2. The van der Waals surface area contributed by atoms with Gasteiger partial charge >= 0.3 is 0 Å². The average Bonchev–Trinajstić information content (AvgIpc) is 3.34. The maximum Gasteiger partial charge on any atom is 0.256 e. The number of halogens is 2. The van der Waals surface area contributed by atoms with Crippen LogP contribution in [0.1, 0.15) is 29.5 Å². The highest BCUT2D eigenvalue weighted by Crippen LogP contribution is 2.53. The van der Waals surface area contributed by atoms with Crippen molar-refractivity contribution in [2.75, 3.05) is 25.5 Å². The number of rotatable bonds is 7. The fraction of sp³-hybridized carbons (Fsp3) is 0.296. The zero-order valence-corrected chi connectivity index (χ0v) is 21.8. The number of hydrogen-bond donors (Lipinski definition) is 1. The molecule has 192 valence electrons. The molecule has 3 atom stereocenters. The molecule has 2 aliphatic rings. The van der Waals surface area contributed by atoms with Crippen LogP contribution in [0.25, 0.3) is 0 Å². The highest BCUT2D eigenvalue weighted by atomic mass is 79.9. The van der Waals surface area contributed by atoms with Gasteiger partial charge in [0.2, 0.25) is 0 Å². The van der Waals surface area contributed by atoms with E-state index in [0.29, 0.717) is 45.9 Å². The van der Waals surface area contributed by atoms with Gasteiger partial charge in [-0.15, -0.1) is 0 Å². The Morgan fingerprint density at radius 1 is 1.19 bits per heavy atom. The minimum absolute atomic E-state index is 0.183. The molecular formula is C27H25BrFN3O5. The topological polar surface area (TPSA) is 93.9 Å². The summed E-state index contributed by atoms with van der Waals surface area (Å²) < 4.78 is 25.7. The molecule has 2 aliphatic heterocycles. The van der Waals surface area contributed by atoms with Gasteiger partial charge in [-0.2, -0.15) is 0 Å². The number of amides is 1. The third-order valence-corrected chi connectivity index (χ3v) is 7.69. The molecule has 3 aromatic carbocycles. The van der Waals surface area contributed by atoms with E-state index in [1.165, 1.54) is 12.1 Å². The van der Waals surface area contributed by atoms with Crippen molar-refractivity contribution in [3.63, 3.8) is 0 Å². The van der Waals surface area contributed by atoms with Crippen LogP contribution >= 0.6 is 15.9 Å².